The van der Waals surface area contributed by atoms with Crippen molar-refractivity contribution < 1.29 is 4.52 Å². The molecule has 104 valence electrons. The van der Waals surface area contributed by atoms with Crippen LogP contribution in [0.25, 0.3) is 0 Å². The minimum atomic E-state index is 0.380. The fraction of sp³-hybridized carbons (Fsp3) is 0.857. The molecule has 4 nitrogen and oxygen atoms in total. The van der Waals surface area contributed by atoms with Gasteiger partial charge in [-0.15, -0.1) is 0 Å². The van der Waals surface area contributed by atoms with E-state index in [-0.39, 0.29) is 0 Å². The number of likely N-dealkylation sites (N-methyl/N-ethyl adjacent to an activating group) is 1. The quantitative estimate of drug-likeness (QED) is 0.773. The molecule has 0 spiro atoms. The lowest BCUT2D eigenvalue weighted by Gasteiger charge is -2.17. The molecule has 0 radical (unpaired) electrons. The van der Waals surface area contributed by atoms with Crippen molar-refractivity contribution in [3.63, 3.8) is 0 Å². The molecule has 0 aliphatic rings. The normalized spacial score (nSPS) is 15.0. The van der Waals surface area contributed by atoms with Crippen LogP contribution in [0, 0.1) is 5.92 Å². The topological polar surface area (TPSA) is 51.0 Å². The summed E-state index contributed by atoms with van der Waals surface area (Å²) in [6, 6.07) is 0.431. The first-order valence-corrected chi connectivity index (χ1v) is 7.12. The minimum Gasteiger partial charge on any atom is -0.339 e. The number of nitrogens with zero attached hydrogens (tertiary/aromatic N) is 2. The van der Waals surface area contributed by atoms with Gasteiger partial charge in [-0.2, -0.15) is 4.98 Å². The Hall–Kier alpha value is -0.900. The Bertz CT molecular complexity index is 336. The summed E-state index contributed by atoms with van der Waals surface area (Å²) >= 11 is 0. The molecule has 0 amide bonds. The number of hydrogen-bond acceptors (Lipinski definition) is 4. The fourth-order valence-corrected chi connectivity index (χ4v) is 2.04. The Kier molecular flexibility index (Phi) is 6.33. The number of aromatic nitrogens is 2. The summed E-state index contributed by atoms with van der Waals surface area (Å²) in [6.07, 6.45) is 3.01. The second-order valence-electron chi connectivity index (χ2n) is 5.44. The summed E-state index contributed by atoms with van der Waals surface area (Å²) in [4.78, 5) is 4.49. The zero-order valence-electron chi connectivity index (χ0n) is 12.4. The first-order chi connectivity index (χ1) is 8.56. The molecule has 1 aromatic rings. The van der Waals surface area contributed by atoms with Crippen LogP contribution >= 0.6 is 0 Å². The molecule has 2 atom stereocenters. The monoisotopic (exact) mass is 253 g/mol. The smallest absolute Gasteiger partial charge is 0.228 e. The molecule has 18 heavy (non-hydrogen) atoms. The van der Waals surface area contributed by atoms with Crippen LogP contribution < -0.4 is 5.32 Å². The average molecular weight is 253 g/mol. The SMILES string of the molecule is CCNC(Cc1nc(C(C)CC)no1)CC(C)C. The van der Waals surface area contributed by atoms with Gasteiger partial charge in [-0.3, -0.25) is 0 Å². The van der Waals surface area contributed by atoms with Crippen molar-refractivity contribution >= 4 is 0 Å². The average Bonchev–Trinajstić information content (AvgIpc) is 2.76. The third kappa shape index (κ3) is 4.77. The van der Waals surface area contributed by atoms with Crippen molar-refractivity contribution in [1.82, 2.24) is 15.5 Å². The molecule has 0 aliphatic heterocycles. The highest BCUT2D eigenvalue weighted by atomic mass is 16.5. The number of nitrogens with one attached hydrogen (secondary N) is 1. The first kappa shape index (κ1) is 15.2. The molecule has 0 aromatic carbocycles. The van der Waals surface area contributed by atoms with Crippen molar-refractivity contribution in [3.8, 4) is 0 Å². The summed E-state index contributed by atoms with van der Waals surface area (Å²) in [7, 11) is 0. The van der Waals surface area contributed by atoms with Gasteiger partial charge in [-0.1, -0.05) is 39.8 Å². The molecule has 4 heteroatoms. The molecule has 0 saturated heterocycles. The van der Waals surface area contributed by atoms with Gasteiger partial charge in [-0.25, -0.2) is 0 Å². The van der Waals surface area contributed by atoms with Crippen LogP contribution in [-0.4, -0.2) is 22.7 Å². The Morgan fingerprint density at radius 2 is 1.94 bits per heavy atom. The van der Waals surface area contributed by atoms with Gasteiger partial charge < -0.3 is 9.84 Å². The van der Waals surface area contributed by atoms with Crippen LogP contribution in [0.1, 0.15) is 65.1 Å². The van der Waals surface area contributed by atoms with Crippen LogP contribution in [-0.2, 0) is 6.42 Å². The summed E-state index contributed by atoms with van der Waals surface area (Å²) in [5.41, 5.74) is 0. The highest BCUT2D eigenvalue weighted by molar-refractivity contribution is 4.94. The molecular formula is C14H27N3O. The first-order valence-electron chi connectivity index (χ1n) is 7.12. The maximum Gasteiger partial charge on any atom is 0.228 e. The van der Waals surface area contributed by atoms with E-state index in [1.807, 2.05) is 0 Å². The molecule has 1 aromatic heterocycles. The molecule has 0 fully saturated rings. The van der Waals surface area contributed by atoms with E-state index in [4.69, 9.17) is 4.52 Å². The number of hydrogen-bond donors (Lipinski definition) is 1. The minimum absolute atomic E-state index is 0.380. The van der Waals surface area contributed by atoms with Crippen molar-refractivity contribution in [3.05, 3.63) is 11.7 Å². The summed E-state index contributed by atoms with van der Waals surface area (Å²) < 4.78 is 5.34. The lowest BCUT2D eigenvalue weighted by Crippen LogP contribution is -2.32. The Morgan fingerprint density at radius 1 is 1.22 bits per heavy atom. The van der Waals surface area contributed by atoms with Crippen LogP contribution in [0.15, 0.2) is 4.52 Å². The lowest BCUT2D eigenvalue weighted by atomic mass is 10.0. The van der Waals surface area contributed by atoms with Gasteiger partial charge in [-0.05, 0) is 25.3 Å². The predicted octanol–water partition coefficient (Wildman–Crippen LogP) is 3.15. The maximum absolute atomic E-state index is 5.34. The van der Waals surface area contributed by atoms with Gasteiger partial charge in [0.15, 0.2) is 5.82 Å². The highest BCUT2D eigenvalue weighted by Crippen LogP contribution is 2.16. The Labute approximate surface area is 111 Å². The predicted molar refractivity (Wildman–Crippen MR) is 73.6 cm³/mol. The van der Waals surface area contributed by atoms with E-state index in [0.29, 0.717) is 17.9 Å². The maximum atomic E-state index is 5.34. The molecule has 0 saturated carbocycles. The molecule has 1 heterocycles. The van der Waals surface area contributed by atoms with Gasteiger partial charge in [0, 0.05) is 18.4 Å². The third-order valence-electron chi connectivity index (χ3n) is 3.21. The van der Waals surface area contributed by atoms with E-state index in [2.05, 4.69) is 50.1 Å². The molecule has 0 aliphatic carbocycles. The molecule has 2 unspecified atom stereocenters. The van der Waals surface area contributed by atoms with E-state index >= 15 is 0 Å². The fourth-order valence-electron chi connectivity index (χ4n) is 2.04. The van der Waals surface area contributed by atoms with Crippen molar-refractivity contribution in [2.75, 3.05) is 6.54 Å². The zero-order valence-corrected chi connectivity index (χ0v) is 12.4. The Balaban J connectivity index is 2.60. The molecular weight excluding hydrogens is 226 g/mol. The van der Waals surface area contributed by atoms with Gasteiger partial charge in [0.2, 0.25) is 5.89 Å². The van der Waals surface area contributed by atoms with E-state index < -0.39 is 0 Å². The van der Waals surface area contributed by atoms with Crippen LogP contribution in [0.4, 0.5) is 0 Å². The second kappa shape index (κ2) is 7.52. The summed E-state index contributed by atoms with van der Waals surface area (Å²) in [5, 5.41) is 7.55. The van der Waals surface area contributed by atoms with Gasteiger partial charge >= 0.3 is 0 Å². The third-order valence-corrected chi connectivity index (χ3v) is 3.21. The van der Waals surface area contributed by atoms with Crippen molar-refractivity contribution in [2.24, 2.45) is 5.92 Å². The zero-order chi connectivity index (χ0) is 13.5. The second-order valence-corrected chi connectivity index (χ2v) is 5.44. The van der Waals surface area contributed by atoms with Crippen LogP contribution in [0.3, 0.4) is 0 Å². The van der Waals surface area contributed by atoms with E-state index in [1.54, 1.807) is 0 Å². The van der Waals surface area contributed by atoms with Crippen LogP contribution in [0.2, 0.25) is 0 Å². The highest BCUT2D eigenvalue weighted by Gasteiger charge is 2.17. The largest absolute Gasteiger partial charge is 0.339 e. The molecule has 1 N–H and O–H groups in total. The Morgan fingerprint density at radius 3 is 2.50 bits per heavy atom. The van der Waals surface area contributed by atoms with Crippen molar-refractivity contribution in [2.45, 2.75) is 65.8 Å². The van der Waals surface area contributed by atoms with Gasteiger partial charge in [0.1, 0.15) is 0 Å². The van der Waals surface area contributed by atoms with Gasteiger partial charge in [0.25, 0.3) is 0 Å². The standard InChI is InChI=1S/C14H27N3O/c1-6-11(5)14-16-13(18-17-14)9-12(15-7-2)8-10(3)4/h10-12,15H,6-9H2,1-5H3. The summed E-state index contributed by atoms with van der Waals surface area (Å²) in [6.45, 7) is 11.9. The molecule has 1 rings (SSSR count). The van der Waals surface area contributed by atoms with E-state index in [0.717, 1.165) is 37.5 Å². The van der Waals surface area contributed by atoms with Crippen LogP contribution in [0.5, 0.6) is 0 Å². The van der Waals surface area contributed by atoms with E-state index in [1.165, 1.54) is 0 Å². The number of rotatable bonds is 8. The van der Waals surface area contributed by atoms with E-state index in [9.17, 15) is 0 Å². The lowest BCUT2D eigenvalue weighted by molar-refractivity contribution is 0.336. The van der Waals surface area contributed by atoms with Gasteiger partial charge in [0.05, 0.1) is 0 Å². The van der Waals surface area contributed by atoms with Crippen molar-refractivity contribution in [1.29, 1.82) is 0 Å². The summed E-state index contributed by atoms with van der Waals surface area (Å²) in [5.74, 6) is 2.65. The molecule has 0 bridgehead atoms.